The number of rotatable bonds is 7. The quantitative estimate of drug-likeness (QED) is 0.438. The Morgan fingerprint density at radius 1 is 1.27 bits per heavy atom. The van der Waals surface area contributed by atoms with Gasteiger partial charge < -0.3 is 10.1 Å². The van der Waals surface area contributed by atoms with Crippen molar-refractivity contribution in [2.75, 3.05) is 12.4 Å². The van der Waals surface area contributed by atoms with E-state index < -0.39 is 35.9 Å². The van der Waals surface area contributed by atoms with Gasteiger partial charge >= 0.3 is 5.97 Å². The van der Waals surface area contributed by atoms with Crippen LogP contribution in [0.15, 0.2) is 36.5 Å². The lowest BCUT2D eigenvalue weighted by molar-refractivity contribution is -0.144. The molecule has 11 heteroatoms. The van der Waals surface area contributed by atoms with Crippen LogP contribution in [-0.4, -0.2) is 44.9 Å². The monoisotopic (exact) mass is 438 g/mol. The standard InChI is InChI=1S/C19H17F3N4O3S/c1-2-29-19(28)14(9-30)25-18(27)12-8-23-26-15(16(21)22)7-13(24-17(12)26)10-3-5-11(20)6-4-10/h3-8,14,16,30H,2,9H2,1H3,(H,25,27)/t14-/m0/s1. The predicted octanol–water partition coefficient (Wildman–Crippen LogP) is 3.06. The molecule has 0 spiro atoms. The van der Waals surface area contributed by atoms with Gasteiger partial charge in [-0.3, -0.25) is 4.79 Å². The topological polar surface area (TPSA) is 85.6 Å². The summed E-state index contributed by atoms with van der Waals surface area (Å²) in [7, 11) is 0. The van der Waals surface area contributed by atoms with Crippen LogP contribution >= 0.6 is 12.6 Å². The Hall–Kier alpha value is -3.08. The number of carbonyl (C=O) groups is 2. The molecule has 7 nitrogen and oxygen atoms in total. The van der Waals surface area contributed by atoms with Crippen LogP contribution in [0.3, 0.4) is 0 Å². The van der Waals surface area contributed by atoms with E-state index in [9.17, 15) is 22.8 Å². The molecule has 0 saturated carbocycles. The number of fused-ring (bicyclic) bond motifs is 1. The third kappa shape index (κ3) is 4.40. The molecule has 3 rings (SSSR count). The SMILES string of the molecule is CCOC(=O)[C@H](CS)NC(=O)c1cnn2c(C(F)F)cc(-c3ccc(F)cc3)nc12. The van der Waals surface area contributed by atoms with Gasteiger partial charge in [0, 0.05) is 11.3 Å². The summed E-state index contributed by atoms with van der Waals surface area (Å²) in [5.41, 5.74) is -0.241. The maximum Gasteiger partial charge on any atom is 0.329 e. The molecule has 2 heterocycles. The summed E-state index contributed by atoms with van der Waals surface area (Å²) in [6.45, 7) is 1.74. The number of hydrogen-bond donors (Lipinski definition) is 2. The molecule has 0 unspecified atom stereocenters. The Labute approximate surface area is 174 Å². The van der Waals surface area contributed by atoms with Crippen LogP contribution in [0.25, 0.3) is 16.9 Å². The van der Waals surface area contributed by atoms with Crippen molar-refractivity contribution in [1.29, 1.82) is 0 Å². The molecule has 0 aliphatic carbocycles. The first-order chi connectivity index (χ1) is 14.3. The third-order valence-corrected chi connectivity index (χ3v) is 4.53. The zero-order valence-electron chi connectivity index (χ0n) is 15.7. The van der Waals surface area contributed by atoms with E-state index >= 15 is 0 Å². The summed E-state index contributed by atoms with van der Waals surface area (Å²) < 4.78 is 46.1. The number of esters is 1. The number of nitrogens with zero attached hydrogens (tertiary/aromatic N) is 3. The highest BCUT2D eigenvalue weighted by Gasteiger charge is 2.25. The highest BCUT2D eigenvalue weighted by Crippen LogP contribution is 2.27. The number of nitrogens with one attached hydrogen (secondary N) is 1. The molecule has 0 saturated heterocycles. The van der Waals surface area contributed by atoms with E-state index in [4.69, 9.17) is 4.74 Å². The summed E-state index contributed by atoms with van der Waals surface area (Å²) >= 11 is 4.03. The van der Waals surface area contributed by atoms with Gasteiger partial charge in [0.2, 0.25) is 0 Å². The van der Waals surface area contributed by atoms with E-state index in [1.54, 1.807) is 6.92 Å². The highest BCUT2D eigenvalue weighted by molar-refractivity contribution is 7.80. The van der Waals surface area contributed by atoms with Gasteiger partial charge in [-0.25, -0.2) is 27.5 Å². The fraction of sp³-hybridized carbons (Fsp3) is 0.263. The van der Waals surface area contributed by atoms with Gasteiger partial charge in [0.15, 0.2) is 5.65 Å². The summed E-state index contributed by atoms with van der Waals surface area (Å²) in [4.78, 5) is 28.9. The maximum absolute atomic E-state index is 13.6. The van der Waals surface area contributed by atoms with Gasteiger partial charge in [0.1, 0.15) is 23.1 Å². The first-order valence-corrected chi connectivity index (χ1v) is 9.50. The number of halogens is 3. The molecule has 0 aliphatic rings. The van der Waals surface area contributed by atoms with Crippen molar-refractivity contribution in [3.05, 3.63) is 53.6 Å². The van der Waals surface area contributed by atoms with Crippen molar-refractivity contribution in [1.82, 2.24) is 19.9 Å². The van der Waals surface area contributed by atoms with Crippen molar-refractivity contribution in [3.8, 4) is 11.3 Å². The number of aromatic nitrogens is 3. The zero-order valence-corrected chi connectivity index (χ0v) is 16.6. The van der Waals surface area contributed by atoms with Gasteiger partial charge in [-0.2, -0.15) is 17.7 Å². The van der Waals surface area contributed by atoms with E-state index in [0.717, 1.165) is 16.8 Å². The molecule has 1 amide bonds. The van der Waals surface area contributed by atoms with Crippen LogP contribution in [-0.2, 0) is 9.53 Å². The van der Waals surface area contributed by atoms with Crippen molar-refractivity contribution in [3.63, 3.8) is 0 Å². The minimum atomic E-state index is -2.91. The highest BCUT2D eigenvalue weighted by atomic mass is 32.1. The molecule has 0 radical (unpaired) electrons. The maximum atomic E-state index is 13.6. The molecule has 3 aromatic rings. The smallest absolute Gasteiger partial charge is 0.329 e. The molecule has 1 aromatic carbocycles. The van der Waals surface area contributed by atoms with Gasteiger partial charge in [0.05, 0.1) is 18.5 Å². The Bertz CT molecular complexity index is 1070. The van der Waals surface area contributed by atoms with Crippen LogP contribution in [0.4, 0.5) is 13.2 Å². The minimum absolute atomic E-state index is 0.0275. The molecular formula is C19H17F3N4O3S. The Kier molecular flexibility index (Phi) is 6.60. The zero-order chi connectivity index (χ0) is 21.8. The third-order valence-electron chi connectivity index (χ3n) is 4.17. The lowest BCUT2D eigenvalue weighted by atomic mass is 10.1. The second kappa shape index (κ2) is 9.16. The number of benzene rings is 1. The average molecular weight is 438 g/mol. The molecule has 1 atom stereocenters. The van der Waals surface area contributed by atoms with Gasteiger partial charge in [-0.05, 0) is 37.3 Å². The van der Waals surface area contributed by atoms with Crippen LogP contribution in [0.5, 0.6) is 0 Å². The van der Waals surface area contributed by atoms with Gasteiger partial charge in [-0.1, -0.05) is 0 Å². The molecule has 30 heavy (non-hydrogen) atoms. The number of amides is 1. The largest absolute Gasteiger partial charge is 0.464 e. The van der Waals surface area contributed by atoms with E-state index in [1.807, 2.05) is 0 Å². The van der Waals surface area contributed by atoms with E-state index in [-0.39, 0.29) is 29.3 Å². The van der Waals surface area contributed by atoms with Gasteiger partial charge in [-0.15, -0.1) is 0 Å². The summed E-state index contributed by atoms with van der Waals surface area (Å²) in [5, 5.41) is 6.28. The van der Waals surface area contributed by atoms with E-state index in [2.05, 4.69) is 28.0 Å². The first-order valence-electron chi connectivity index (χ1n) is 8.86. The molecule has 0 fully saturated rings. The molecule has 2 aromatic heterocycles. The van der Waals surface area contributed by atoms with Crippen LogP contribution < -0.4 is 5.32 Å². The fourth-order valence-electron chi connectivity index (χ4n) is 2.73. The Morgan fingerprint density at radius 3 is 2.57 bits per heavy atom. The lowest BCUT2D eigenvalue weighted by Gasteiger charge is -2.14. The number of alkyl halides is 2. The lowest BCUT2D eigenvalue weighted by Crippen LogP contribution is -2.43. The van der Waals surface area contributed by atoms with Crippen LogP contribution in [0, 0.1) is 5.82 Å². The van der Waals surface area contributed by atoms with E-state index in [0.29, 0.717) is 5.56 Å². The fourth-order valence-corrected chi connectivity index (χ4v) is 2.97. The number of hydrogen-bond acceptors (Lipinski definition) is 6. The molecule has 158 valence electrons. The minimum Gasteiger partial charge on any atom is -0.464 e. The van der Waals surface area contributed by atoms with Crippen molar-refractivity contribution >= 4 is 30.2 Å². The summed E-state index contributed by atoms with van der Waals surface area (Å²) in [6, 6.07) is 5.20. The normalized spacial score (nSPS) is 12.2. The number of carbonyl (C=O) groups excluding carboxylic acids is 2. The van der Waals surface area contributed by atoms with Gasteiger partial charge in [0.25, 0.3) is 12.3 Å². The van der Waals surface area contributed by atoms with Crippen molar-refractivity contribution in [2.24, 2.45) is 0 Å². The molecule has 0 bridgehead atoms. The first kappa shape index (κ1) is 21.6. The number of thiol groups is 1. The van der Waals surface area contributed by atoms with E-state index in [1.165, 1.54) is 24.3 Å². The Morgan fingerprint density at radius 2 is 1.97 bits per heavy atom. The summed E-state index contributed by atoms with van der Waals surface area (Å²) in [5.74, 6) is -1.94. The second-order valence-corrected chi connectivity index (χ2v) is 6.49. The molecule has 0 aliphatic heterocycles. The van der Waals surface area contributed by atoms with Crippen molar-refractivity contribution < 1.29 is 27.5 Å². The van der Waals surface area contributed by atoms with Crippen LogP contribution in [0.2, 0.25) is 0 Å². The number of ether oxygens (including phenoxy) is 1. The van der Waals surface area contributed by atoms with Crippen LogP contribution in [0.1, 0.15) is 29.4 Å². The Balaban J connectivity index is 2.04. The molecule has 1 N–H and O–H groups in total. The molecular weight excluding hydrogens is 421 g/mol. The van der Waals surface area contributed by atoms with Crippen molar-refractivity contribution in [2.45, 2.75) is 19.4 Å². The average Bonchev–Trinajstić information content (AvgIpc) is 3.15. The predicted molar refractivity (Wildman–Crippen MR) is 105 cm³/mol. The second-order valence-electron chi connectivity index (χ2n) is 6.13. The summed E-state index contributed by atoms with van der Waals surface area (Å²) in [6.07, 6.45) is -1.83.